The van der Waals surface area contributed by atoms with E-state index in [4.69, 9.17) is 19.9 Å². The highest BCUT2D eigenvalue weighted by molar-refractivity contribution is 5.82. The molecular weight excluding hydrogens is 302 g/mol. The van der Waals surface area contributed by atoms with Crippen LogP contribution in [0.1, 0.15) is 46.0 Å². The van der Waals surface area contributed by atoms with Crippen LogP contribution in [0.25, 0.3) is 0 Å². The average Bonchev–Trinajstić information content (AvgIpc) is 2.57. The van der Waals surface area contributed by atoms with E-state index in [1.807, 2.05) is 0 Å². The molecule has 0 aromatic carbocycles. The van der Waals surface area contributed by atoms with Gasteiger partial charge in [-0.05, 0) is 39.0 Å². The molecule has 0 radical (unpaired) electrons. The fourth-order valence-corrected chi connectivity index (χ4v) is 4.08. The van der Waals surface area contributed by atoms with Crippen LogP contribution in [-0.2, 0) is 28.6 Å². The van der Waals surface area contributed by atoms with Gasteiger partial charge in [0.1, 0.15) is 17.2 Å². The Morgan fingerprint density at radius 2 is 2.04 bits per heavy atom. The van der Waals surface area contributed by atoms with E-state index in [-0.39, 0.29) is 18.0 Å². The summed E-state index contributed by atoms with van der Waals surface area (Å²) in [4.78, 5) is 35.7. The molecule has 4 rings (SSSR count). The Bertz CT molecular complexity index is 539. The van der Waals surface area contributed by atoms with Crippen LogP contribution in [0.4, 0.5) is 0 Å². The van der Waals surface area contributed by atoms with Gasteiger partial charge in [-0.3, -0.25) is 9.59 Å². The molecule has 0 spiro atoms. The van der Waals surface area contributed by atoms with Crippen molar-refractivity contribution in [3.05, 3.63) is 0 Å². The molecular formula is C16H23NO6. The maximum atomic E-state index is 12.1. The minimum Gasteiger partial charge on any atom is -0.462 e. The molecule has 23 heavy (non-hydrogen) atoms. The van der Waals surface area contributed by atoms with Crippen molar-refractivity contribution < 1.29 is 28.6 Å². The van der Waals surface area contributed by atoms with Gasteiger partial charge in [0.25, 0.3) is 0 Å². The van der Waals surface area contributed by atoms with Gasteiger partial charge in [0, 0.05) is 12.8 Å². The topological polar surface area (TPSA) is 105 Å². The second-order valence-corrected chi connectivity index (χ2v) is 7.66. The number of fused-ring (bicyclic) bond motifs is 1. The number of hydrogen-bond acceptors (Lipinski definition) is 7. The molecule has 0 aromatic heterocycles. The predicted octanol–water partition coefficient (Wildman–Crippen LogP) is 0.684. The second kappa shape index (κ2) is 5.47. The van der Waals surface area contributed by atoms with Gasteiger partial charge in [-0.15, -0.1) is 0 Å². The third-order valence-electron chi connectivity index (χ3n) is 4.89. The number of hydrogen-bond donors (Lipinski definition) is 1. The average molecular weight is 325 g/mol. The highest BCUT2D eigenvalue weighted by Crippen LogP contribution is 2.51. The largest absolute Gasteiger partial charge is 0.462 e. The van der Waals surface area contributed by atoms with Crippen molar-refractivity contribution in [1.29, 1.82) is 0 Å². The van der Waals surface area contributed by atoms with Crippen molar-refractivity contribution in [2.45, 2.75) is 63.2 Å². The van der Waals surface area contributed by atoms with Crippen LogP contribution >= 0.6 is 0 Å². The summed E-state index contributed by atoms with van der Waals surface area (Å²) in [6, 6.07) is 0. The summed E-state index contributed by atoms with van der Waals surface area (Å²) in [5, 5.41) is 0. The molecule has 4 fully saturated rings. The lowest BCUT2D eigenvalue weighted by Gasteiger charge is -2.45. The van der Waals surface area contributed by atoms with E-state index >= 15 is 0 Å². The first kappa shape index (κ1) is 16.2. The summed E-state index contributed by atoms with van der Waals surface area (Å²) in [6.45, 7) is 2.55. The van der Waals surface area contributed by atoms with Gasteiger partial charge < -0.3 is 19.9 Å². The summed E-state index contributed by atoms with van der Waals surface area (Å²) >= 11 is 0. The molecule has 128 valence electrons. The minimum atomic E-state index is -1.15. The van der Waals surface area contributed by atoms with Crippen LogP contribution in [0.5, 0.6) is 0 Å². The van der Waals surface area contributed by atoms with Crippen LogP contribution in [0.3, 0.4) is 0 Å². The summed E-state index contributed by atoms with van der Waals surface area (Å²) in [7, 11) is 0. The van der Waals surface area contributed by atoms with Gasteiger partial charge in [0.2, 0.25) is 0 Å². The normalized spacial score (nSPS) is 35.4. The molecule has 0 amide bonds. The quantitative estimate of drug-likeness (QED) is 0.598. The maximum Gasteiger partial charge on any atom is 0.344 e. The van der Waals surface area contributed by atoms with Gasteiger partial charge in [0.05, 0.1) is 5.92 Å². The van der Waals surface area contributed by atoms with Crippen molar-refractivity contribution in [3.8, 4) is 0 Å². The van der Waals surface area contributed by atoms with Crippen molar-refractivity contribution in [1.82, 2.24) is 0 Å². The smallest absolute Gasteiger partial charge is 0.344 e. The molecule has 0 aromatic rings. The highest BCUT2D eigenvalue weighted by Gasteiger charge is 2.54. The molecule has 2 heterocycles. The molecule has 2 saturated heterocycles. The Hall–Kier alpha value is -1.63. The van der Waals surface area contributed by atoms with Crippen molar-refractivity contribution in [2.24, 2.45) is 17.6 Å². The SMILES string of the molecule is CC(C)(N)C(=O)OCC(=O)OC12CC3CC(C1)OC(=O)C(C3)C2. The molecule has 4 unspecified atom stereocenters. The zero-order valence-corrected chi connectivity index (χ0v) is 13.5. The van der Waals surface area contributed by atoms with Gasteiger partial charge in [-0.25, -0.2) is 4.79 Å². The lowest BCUT2D eigenvalue weighted by Crippen LogP contribution is -2.49. The van der Waals surface area contributed by atoms with Gasteiger partial charge in [0.15, 0.2) is 6.61 Å². The molecule has 2 aliphatic heterocycles. The summed E-state index contributed by atoms with van der Waals surface area (Å²) in [5.41, 5.74) is 3.79. The molecule has 7 nitrogen and oxygen atoms in total. The first-order valence-electron chi connectivity index (χ1n) is 8.05. The first-order valence-corrected chi connectivity index (χ1v) is 8.05. The van der Waals surface area contributed by atoms with E-state index in [1.54, 1.807) is 0 Å². The van der Waals surface area contributed by atoms with Gasteiger partial charge >= 0.3 is 17.9 Å². The Morgan fingerprint density at radius 3 is 2.74 bits per heavy atom. The number of ether oxygens (including phenoxy) is 3. The fourth-order valence-electron chi connectivity index (χ4n) is 4.08. The van der Waals surface area contributed by atoms with Crippen LogP contribution in [-0.4, -0.2) is 41.8 Å². The number of carbonyl (C=O) groups excluding carboxylic acids is 3. The highest BCUT2D eigenvalue weighted by atomic mass is 16.6. The fraction of sp³-hybridized carbons (Fsp3) is 0.812. The van der Waals surface area contributed by atoms with Crippen LogP contribution in [0.2, 0.25) is 0 Å². The molecule has 4 bridgehead atoms. The Kier molecular flexibility index (Phi) is 3.86. The Labute approximate surface area is 134 Å². The van der Waals surface area contributed by atoms with Crippen LogP contribution in [0, 0.1) is 11.8 Å². The van der Waals surface area contributed by atoms with Gasteiger partial charge in [-0.1, -0.05) is 0 Å². The first-order chi connectivity index (χ1) is 10.7. The summed E-state index contributed by atoms with van der Waals surface area (Å²) < 4.78 is 16.0. The van der Waals surface area contributed by atoms with E-state index in [1.165, 1.54) is 13.8 Å². The third-order valence-corrected chi connectivity index (χ3v) is 4.89. The van der Waals surface area contributed by atoms with Crippen molar-refractivity contribution in [3.63, 3.8) is 0 Å². The van der Waals surface area contributed by atoms with E-state index < -0.39 is 29.7 Å². The lowest BCUT2D eigenvalue weighted by atomic mass is 9.65. The van der Waals surface area contributed by atoms with Crippen molar-refractivity contribution in [2.75, 3.05) is 6.61 Å². The third kappa shape index (κ3) is 3.34. The maximum absolute atomic E-state index is 12.1. The molecule has 2 aliphatic carbocycles. The van der Waals surface area contributed by atoms with Crippen LogP contribution < -0.4 is 5.73 Å². The van der Waals surface area contributed by atoms with Crippen molar-refractivity contribution >= 4 is 17.9 Å². The number of rotatable bonds is 4. The zero-order chi connectivity index (χ0) is 16.8. The molecule has 2 N–H and O–H groups in total. The Balaban J connectivity index is 1.62. The molecule has 7 heteroatoms. The van der Waals surface area contributed by atoms with Gasteiger partial charge in [-0.2, -0.15) is 0 Å². The minimum absolute atomic E-state index is 0.174. The number of carbonyl (C=O) groups is 3. The monoisotopic (exact) mass is 325 g/mol. The number of nitrogens with two attached hydrogens (primary N) is 1. The molecule has 4 atom stereocenters. The number of esters is 3. The standard InChI is InChI=1S/C16H23NO6/c1-15(2,17)14(20)21-8-12(18)23-16-5-9-3-10(6-16)13(19)22-11(4-9)7-16/h9-11H,3-8,17H2,1-2H3. The van der Waals surface area contributed by atoms with E-state index in [9.17, 15) is 14.4 Å². The Morgan fingerprint density at radius 1 is 1.30 bits per heavy atom. The predicted molar refractivity (Wildman–Crippen MR) is 78.0 cm³/mol. The van der Waals surface area contributed by atoms with E-state index in [0.717, 1.165) is 19.3 Å². The lowest BCUT2D eigenvalue weighted by molar-refractivity contribution is -0.182. The van der Waals surface area contributed by atoms with E-state index in [0.29, 0.717) is 18.8 Å². The molecule has 2 saturated carbocycles. The summed E-state index contributed by atoms with van der Waals surface area (Å²) in [6.07, 6.45) is 3.27. The molecule has 4 aliphatic rings. The summed E-state index contributed by atoms with van der Waals surface area (Å²) in [5.74, 6) is -1.28. The zero-order valence-electron chi connectivity index (χ0n) is 13.5. The second-order valence-electron chi connectivity index (χ2n) is 7.66. The van der Waals surface area contributed by atoms with Crippen LogP contribution in [0.15, 0.2) is 0 Å². The van der Waals surface area contributed by atoms with E-state index in [2.05, 4.69) is 0 Å².